The van der Waals surface area contributed by atoms with Crippen LogP contribution in [0.4, 0.5) is 5.69 Å². The van der Waals surface area contributed by atoms with Crippen LogP contribution in [0.1, 0.15) is 0 Å². The topological polar surface area (TPSA) is 63.7 Å². The third-order valence-corrected chi connectivity index (χ3v) is 6.58. The lowest BCUT2D eigenvalue weighted by atomic mass is 10.1. The number of benzene rings is 4. The molecule has 6 heteroatoms. The van der Waals surface area contributed by atoms with Gasteiger partial charge >= 0.3 is 0 Å². The molecule has 4 rings (SSSR count). The van der Waals surface area contributed by atoms with Gasteiger partial charge in [-0.05, 0) is 35.9 Å². The van der Waals surface area contributed by atoms with Crippen LogP contribution in [0.5, 0.6) is 5.75 Å². The molecule has 0 radical (unpaired) electrons. The quantitative estimate of drug-likeness (QED) is 0.396. The van der Waals surface area contributed by atoms with E-state index in [-0.39, 0.29) is 10.6 Å². The lowest BCUT2D eigenvalue weighted by Crippen LogP contribution is -2.40. The fraction of sp³-hybridized carbons (Fsp3) is 0.0385. The summed E-state index contributed by atoms with van der Waals surface area (Å²) in [6, 6.07) is 33.1. The van der Waals surface area contributed by atoms with Crippen LogP contribution in [0.3, 0.4) is 0 Å². The van der Waals surface area contributed by atoms with Crippen LogP contribution >= 0.6 is 0 Å². The molecule has 0 aromatic heterocycles. The predicted octanol–water partition coefficient (Wildman–Crippen LogP) is 5.15. The van der Waals surface area contributed by atoms with Crippen molar-refractivity contribution in [3.8, 4) is 16.9 Å². The minimum atomic E-state index is -4.12. The van der Waals surface area contributed by atoms with Gasteiger partial charge < -0.3 is 4.74 Å². The third kappa shape index (κ3) is 4.55. The summed E-state index contributed by atoms with van der Waals surface area (Å²) in [7, 11) is -4.12. The number of nitrogens with zero attached hydrogens (tertiary/aromatic N) is 1. The van der Waals surface area contributed by atoms with Gasteiger partial charge in [-0.25, -0.2) is 8.42 Å². The van der Waals surface area contributed by atoms with Gasteiger partial charge in [0.25, 0.3) is 15.9 Å². The van der Waals surface area contributed by atoms with Gasteiger partial charge in [-0.1, -0.05) is 84.9 Å². The average molecular weight is 444 g/mol. The molecule has 0 aliphatic carbocycles. The zero-order valence-corrected chi connectivity index (χ0v) is 18.0. The number of sulfonamides is 1. The highest BCUT2D eigenvalue weighted by atomic mass is 32.2. The van der Waals surface area contributed by atoms with Crippen molar-refractivity contribution in [3.63, 3.8) is 0 Å². The standard InChI is InChI=1S/C26H21NO4S/c28-26(20-31-25-19-11-10-18-24(25)21-12-4-1-5-13-21)27(22-14-6-2-7-15-22)32(29,30)23-16-8-3-9-17-23/h1-19H,20H2. The molecule has 0 saturated heterocycles. The Bertz CT molecular complexity index is 1290. The van der Waals surface area contributed by atoms with Gasteiger partial charge in [-0.2, -0.15) is 4.31 Å². The summed E-state index contributed by atoms with van der Waals surface area (Å²) in [6.45, 7) is -0.440. The van der Waals surface area contributed by atoms with E-state index in [9.17, 15) is 13.2 Å². The predicted molar refractivity (Wildman–Crippen MR) is 125 cm³/mol. The van der Waals surface area contributed by atoms with Crippen molar-refractivity contribution in [2.45, 2.75) is 4.90 Å². The first kappa shape index (κ1) is 21.3. The second kappa shape index (κ2) is 9.49. The fourth-order valence-corrected chi connectivity index (χ4v) is 4.76. The van der Waals surface area contributed by atoms with Crippen LogP contribution in [-0.2, 0) is 14.8 Å². The Morgan fingerprint density at radius 3 is 1.88 bits per heavy atom. The molecular weight excluding hydrogens is 422 g/mol. The van der Waals surface area contributed by atoms with Crippen LogP contribution < -0.4 is 9.04 Å². The molecule has 0 N–H and O–H groups in total. The van der Waals surface area contributed by atoms with Crippen LogP contribution in [0.2, 0.25) is 0 Å². The Balaban J connectivity index is 1.64. The van der Waals surface area contributed by atoms with Crippen molar-refractivity contribution in [1.29, 1.82) is 0 Å². The molecule has 0 heterocycles. The van der Waals surface area contributed by atoms with E-state index in [1.165, 1.54) is 12.1 Å². The molecule has 32 heavy (non-hydrogen) atoms. The highest BCUT2D eigenvalue weighted by molar-refractivity contribution is 7.93. The van der Waals surface area contributed by atoms with Gasteiger partial charge in [0.1, 0.15) is 5.75 Å². The SMILES string of the molecule is O=C(COc1ccccc1-c1ccccc1)N(c1ccccc1)S(=O)(=O)c1ccccc1. The van der Waals surface area contributed by atoms with E-state index in [2.05, 4.69) is 0 Å². The van der Waals surface area contributed by atoms with Crippen molar-refractivity contribution < 1.29 is 17.9 Å². The molecule has 1 amide bonds. The van der Waals surface area contributed by atoms with E-state index in [0.717, 1.165) is 15.4 Å². The molecule has 160 valence electrons. The number of anilines is 1. The maximum Gasteiger partial charge on any atom is 0.278 e. The molecule has 0 atom stereocenters. The number of hydrogen-bond acceptors (Lipinski definition) is 4. The number of para-hydroxylation sites is 2. The van der Waals surface area contributed by atoms with Crippen molar-refractivity contribution >= 4 is 21.6 Å². The Kier molecular flexibility index (Phi) is 6.33. The van der Waals surface area contributed by atoms with Crippen LogP contribution in [0, 0.1) is 0 Å². The van der Waals surface area contributed by atoms with Crippen LogP contribution in [-0.4, -0.2) is 20.9 Å². The number of carbonyl (C=O) groups is 1. The van der Waals surface area contributed by atoms with Crippen molar-refractivity contribution in [1.82, 2.24) is 0 Å². The van der Waals surface area contributed by atoms with E-state index >= 15 is 0 Å². The molecule has 0 unspecified atom stereocenters. The smallest absolute Gasteiger partial charge is 0.278 e. The van der Waals surface area contributed by atoms with Gasteiger partial charge in [0.15, 0.2) is 6.61 Å². The van der Waals surface area contributed by atoms with Gasteiger partial charge in [0, 0.05) is 5.56 Å². The van der Waals surface area contributed by atoms with Crippen LogP contribution in [0.15, 0.2) is 120 Å². The first-order valence-electron chi connectivity index (χ1n) is 10.0. The molecule has 4 aromatic rings. The highest BCUT2D eigenvalue weighted by Crippen LogP contribution is 2.30. The Morgan fingerprint density at radius 1 is 0.688 bits per heavy atom. The summed E-state index contributed by atoms with van der Waals surface area (Å²) < 4.78 is 33.3. The summed E-state index contributed by atoms with van der Waals surface area (Å²) in [5.41, 5.74) is 2.01. The first-order chi connectivity index (χ1) is 15.6. The van der Waals surface area contributed by atoms with Crippen molar-refractivity contribution in [2.75, 3.05) is 10.9 Å². The average Bonchev–Trinajstić information content (AvgIpc) is 2.85. The maximum absolute atomic E-state index is 13.3. The summed E-state index contributed by atoms with van der Waals surface area (Å²) in [4.78, 5) is 13.2. The zero-order valence-electron chi connectivity index (χ0n) is 17.2. The van der Waals surface area contributed by atoms with E-state index in [0.29, 0.717) is 5.75 Å². The molecule has 5 nitrogen and oxygen atoms in total. The minimum absolute atomic E-state index is 0.0295. The molecule has 0 fully saturated rings. The fourth-order valence-electron chi connectivity index (χ4n) is 3.32. The van der Waals surface area contributed by atoms with E-state index in [1.807, 2.05) is 48.5 Å². The number of ether oxygens (including phenoxy) is 1. The largest absolute Gasteiger partial charge is 0.483 e. The maximum atomic E-state index is 13.3. The summed E-state index contributed by atoms with van der Waals surface area (Å²) in [5, 5.41) is 0. The molecule has 0 bridgehead atoms. The number of carbonyl (C=O) groups excluding carboxylic acids is 1. The Hall–Kier alpha value is -3.90. The van der Waals surface area contributed by atoms with E-state index in [4.69, 9.17) is 4.74 Å². The summed E-state index contributed by atoms with van der Waals surface area (Å²) >= 11 is 0. The summed E-state index contributed by atoms with van der Waals surface area (Å²) in [6.07, 6.45) is 0. The molecule has 0 aliphatic rings. The lowest BCUT2D eigenvalue weighted by Gasteiger charge is -2.23. The van der Waals surface area contributed by atoms with Crippen molar-refractivity contribution in [2.24, 2.45) is 0 Å². The van der Waals surface area contributed by atoms with Crippen molar-refractivity contribution in [3.05, 3.63) is 115 Å². The molecule has 4 aromatic carbocycles. The molecular formula is C26H21NO4S. The third-order valence-electron chi connectivity index (χ3n) is 4.82. The van der Waals surface area contributed by atoms with Gasteiger partial charge in [-0.3, -0.25) is 4.79 Å². The van der Waals surface area contributed by atoms with E-state index in [1.54, 1.807) is 54.6 Å². The Morgan fingerprint density at radius 2 is 1.22 bits per heavy atom. The van der Waals surface area contributed by atoms with E-state index < -0.39 is 22.5 Å². The van der Waals surface area contributed by atoms with Crippen LogP contribution in [0.25, 0.3) is 11.1 Å². The lowest BCUT2D eigenvalue weighted by molar-refractivity contribution is -0.119. The molecule has 0 aliphatic heterocycles. The second-order valence-corrected chi connectivity index (χ2v) is 8.75. The summed E-state index contributed by atoms with van der Waals surface area (Å²) in [5.74, 6) is -0.194. The first-order valence-corrected chi connectivity index (χ1v) is 11.5. The monoisotopic (exact) mass is 443 g/mol. The van der Waals surface area contributed by atoms with Gasteiger partial charge in [0.2, 0.25) is 0 Å². The molecule has 0 saturated carbocycles. The molecule has 0 spiro atoms. The number of amides is 1. The van der Waals surface area contributed by atoms with Gasteiger partial charge in [0.05, 0.1) is 10.6 Å². The normalized spacial score (nSPS) is 11.0. The zero-order chi connectivity index (χ0) is 22.4. The number of hydrogen-bond donors (Lipinski definition) is 0. The minimum Gasteiger partial charge on any atom is -0.483 e. The second-order valence-electron chi connectivity index (χ2n) is 6.96. The Labute approximate surface area is 187 Å². The van der Waals surface area contributed by atoms with Gasteiger partial charge in [-0.15, -0.1) is 0 Å². The number of rotatable bonds is 7. The highest BCUT2D eigenvalue weighted by Gasteiger charge is 2.31.